The van der Waals surface area contributed by atoms with Crippen LogP contribution in [0.4, 0.5) is 11.4 Å². The third-order valence-corrected chi connectivity index (χ3v) is 6.16. The third-order valence-electron chi connectivity index (χ3n) is 6.16. The molecular formula is C29H26N2O4. The van der Waals surface area contributed by atoms with Crippen molar-refractivity contribution in [3.63, 3.8) is 0 Å². The van der Waals surface area contributed by atoms with Crippen molar-refractivity contribution in [1.29, 1.82) is 0 Å². The zero-order chi connectivity index (χ0) is 23.5. The highest BCUT2D eigenvalue weighted by Crippen LogP contribution is 2.33. The van der Waals surface area contributed by atoms with Crippen molar-refractivity contribution in [2.75, 3.05) is 24.2 Å². The lowest BCUT2D eigenvalue weighted by molar-refractivity contribution is 0.173. The van der Waals surface area contributed by atoms with E-state index in [2.05, 4.69) is 71.3 Å². The van der Waals surface area contributed by atoms with E-state index in [0.29, 0.717) is 13.6 Å². The fourth-order valence-electron chi connectivity index (χ4n) is 4.28. The predicted molar refractivity (Wildman–Crippen MR) is 135 cm³/mol. The largest absolute Gasteiger partial charge is 0.454 e. The fourth-order valence-corrected chi connectivity index (χ4v) is 4.28. The Morgan fingerprint density at radius 3 is 1.71 bits per heavy atom. The van der Waals surface area contributed by atoms with E-state index in [1.807, 2.05) is 24.3 Å². The Bertz CT molecular complexity index is 1340. The number of rotatable bonds is 8. The number of fused-ring (bicyclic) bond motifs is 2. The molecule has 0 saturated heterocycles. The van der Waals surface area contributed by atoms with Crippen LogP contribution >= 0.6 is 0 Å². The first-order valence-electron chi connectivity index (χ1n) is 11.7. The minimum Gasteiger partial charge on any atom is -0.454 e. The minimum atomic E-state index is 0.297. The maximum absolute atomic E-state index is 5.47. The molecule has 4 aromatic rings. The van der Waals surface area contributed by atoms with Crippen LogP contribution in [0.5, 0.6) is 23.0 Å². The van der Waals surface area contributed by atoms with Crippen LogP contribution in [0.3, 0.4) is 0 Å². The molecule has 6 rings (SSSR count). The van der Waals surface area contributed by atoms with Crippen molar-refractivity contribution in [2.45, 2.75) is 19.5 Å². The summed E-state index contributed by atoms with van der Waals surface area (Å²) in [5, 5.41) is 6.99. The van der Waals surface area contributed by atoms with E-state index in [0.717, 1.165) is 65.0 Å². The molecule has 2 aliphatic rings. The standard InChI is InChI=1S/C29H26N2O4/c1-2-21(13-25(3-1)31-17-23-7-11-27-29(15-23)35-19-33-27)12-20-4-8-24(9-5-20)30-16-22-6-10-26-28(14-22)34-18-32-26/h1-11,13-15,30-31H,12,16-19H2. The van der Waals surface area contributed by atoms with Crippen molar-refractivity contribution in [3.05, 3.63) is 107 Å². The van der Waals surface area contributed by atoms with Gasteiger partial charge < -0.3 is 29.6 Å². The SMILES string of the molecule is c1cc(Cc2ccc(NCc3ccc4c(c3)OCO4)cc2)cc(NCc2ccc3c(c2)OCO3)c1. The third kappa shape index (κ3) is 4.96. The molecule has 0 unspecified atom stereocenters. The number of nitrogens with one attached hydrogen (secondary N) is 2. The Labute approximate surface area is 204 Å². The molecule has 0 fully saturated rings. The van der Waals surface area contributed by atoms with Gasteiger partial charge >= 0.3 is 0 Å². The summed E-state index contributed by atoms with van der Waals surface area (Å²) in [7, 11) is 0. The van der Waals surface area contributed by atoms with Gasteiger partial charge in [-0.2, -0.15) is 0 Å². The molecule has 0 saturated carbocycles. The Morgan fingerprint density at radius 1 is 0.486 bits per heavy atom. The van der Waals surface area contributed by atoms with E-state index in [9.17, 15) is 0 Å². The van der Waals surface area contributed by atoms with E-state index in [4.69, 9.17) is 18.9 Å². The van der Waals surface area contributed by atoms with Crippen molar-refractivity contribution in [1.82, 2.24) is 0 Å². The average molecular weight is 467 g/mol. The van der Waals surface area contributed by atoms with Gasteiger partial charge in [-0.3, -0.25) is 0 Å². The molecule has 2 heterocycles. The normalized spacial score (nSPS) is 13.0. The molecule has 6 heteroatoms. The molecule has 35 heavy (non-hydrogen) atoms. The van der Waals surface area contributed by atoms with E-state index in [-0.39, 0.29) is 0 Å². The quantitative estimate of drug-likeness (QED) is 0.334. The van der Waals surface area contributed by atoms with Crippen molar-refractivity contribution >= 4 is 11.4 Å². The van der Waals surface area contributed by atoms with Crippen LogP contribution in [0.15, 0.2) is 84.9 Å². The summed E-state index contributed by atoms with van der Waals surface area (Å²) in [6.07, 6.45) is 0.877. The van der Waals surface area contributed by atoms with Crippen LogP contribution in [0.2, 0.25) is 0 Å². The monoisotopic (exact) mass is 466 g/mol. The lowest BCUT2D eigenvalue weighted by Gasteiger charge is -2.11. The lowest BCUT2D eigenvalue weighted by Crippen LogP contribution is -2.00. The summed E-state index contributed by atoms with van der Waals surface area (Å²) in [4.78, 5) is 0. The second-order valence-electron chi connectivity index (χ2n) is 8.66. The van der Waals surface area contributed by atoms with Crippen molar-refractivity contribution in [3.8, 4) is 23.0 Å². The number of anilines is 2. The summed E-state index contributed by atoms with van der Waals surface area (Å²) in [6, 6.07) is 29.3. The molecule has 176 valence electrons. The summed E-state index contributed by atoms with van der Waals surface area (Å²) >= 11 is 0. The molecule has 0 aliphatic carbocycles. The van der Waals surface area contributed by atoms with Gasteiger partial charge in [-0.25, -0.2) is 0 Å². The van der Waals surface area contributed by atoms with Crippen molar-refractivity contribution < 1.29 is 18.9 Å². The topological polar surface area (TPSA) is 61.0 Å². The molecular weight excluding hydrogens is 440 g/mol. The molecule has 6 nitrogen and oxygen atoms in total. The minimum absolute atomic E-state index is 0.297. The Kier molecular flexibility index (Phi) is 5.77. The predicted octanol–water partition coefficient (Wildman–Crippen LogP) is 5.96. The Morgan fingerprint density at radius 2 is 1.06 bits per heavy atom. The maximum atomic E-state index is 5.47. The van der Waals surface area contributed by atoms with E-state index >= 15 is 0 Å². The second-order valence-corrected chi connectivity index (χ2v) is 8.66. The molecule has 0 aromatic heterocycles. The number of hydrogen-bond acceptors (Lipinski definition) is 6. The Hall–Kier alpha value is -4.32. The van der Waals surface area contributed by atoms with Crippen LogP contribution in [-0.4, -0.2) is 13.6 Å². The van der Waals surface area contributed by atoms with Gasteiger partial charge in [0.25, 0.3) is 0 Å². The van der Waals surface area contributed by atoms with Gasteiger partial charge in [-0.15, -0.1) is 0 Å². The first kappa shape index (κ1) is 21.2. The van der Waals surface area contributed by atoms with Crippen LogP contribution in [0.25, 0.3) is 0 Å². The highest BCUT2D eigenvalue weighted by molar-refractivity contribution is 5.51. The summed E-state index contributed by atoms with van der Waals surface area (Å²) < 4.78 is 21.7. The molecule has 0 spiro atoms. The summed E-state index contributed by atoms with van der Waals surface area (Å²) in [5.74, 6) is 3.24. The smallest absolute Gasteiger partial charge is 0.231 e. The number of hydrogen-bond donors (Lipinski definition) is 2. The van der Waals surface area contributed by atoms with Crippen LogP contribution in [0, 0.1) is 0 Å². The Balaban J connectivity index is 1.03. The van der Waals surface area contributed by atoms with Gasteiger partial charge in [0.05, 0.1) is 0 Å². The van der Waals surface area contributed by atoms with Crippen LogP contribution in [0.1, 0.15) is 22.3 Å². The zero-order valence-electron chi connectivity index (χ0n) is 19.3. The summed E-state index contributed by atoms with van der Waals surface area (Å²) in [6.45, 7) is 2.05. The second kappa shape index (κ2) is 9.50. The zero-order valence-corrected chi connectivity index (χ0v) is 19.3. The van der Waals surface area contributed by atoms with Gasteiger partial charge in [0.2, 0.25) is 13.6 Å². The average Bonchev–Trinajstić information content (AvgIpc) is 3.56. The van der Waals surface area contributed by atoms with Gasteiger partial charge in [0.15, 0.2) is 23.0 Å². The van der Waals surface area contributed by atoms with Crippen molar-refractivity contribution in [2.24, 2.45) is 0 Å². The maximum Gasteiger partial charge on any atom is 0.231 e. The van der Waals surface area contributed by atoms with E-state index in [1.165, 1.54) is 11.1 Å². The highest BCUT2D eigenvalue weighted by atomic mass is 16.7. The van der Waals surface area contributed by atoms with Gasteiger partial charge in [0.1, 0.15) is 0 Å². The van der Waals surface area contributed by atoms with Gasteiger partial charge in [-0.05, 0) is 77.2 Å². The number of benzene rings is 4. The van der Waals surface area contributed by atoms with Crippen LogP contribution in [-0.2, 0) is 19.5 Å². The first-order chi connectivity index (χ1) is 17.3. The first-order valence-corrected chi connectivity index (χ1v) is 11.7. The fraction of sp³-hybridized carbons (Fsp3) is 0.172. The number of ether oxygens (including phenoxy) is 4. The van der Waals surface area contributed by atoms with E-state index in [1.54, 1.807) is 0 Å². The van der Waals surface area contributed by atoms with Gasteiger partial charge in [-0.1, -0.05) is 36.4 Å². The summed E-state index contributed by atoms with van der Waals surface area (Å²) in [5.41, 5.74) is 7.04. The molecule has 0 bridgehead atoms. The molecule has 0 atom stereocenters. The molecule has 2 aliphatic heterocycles. The molecule has 2 N–H and O–H groups in total. The van der Waals surface area contributed by atoms with E-state index < -0.39 is 0 Å². The lowest BCUT2D eigenvalue weighted by atomic mass is 10.0. The molecule has 4 aromatic carbocycles. The molecule has 0 radical (unpaired) electrons. The molecule has 0 amide bonds. The van der Waals surface area contributed by atoms with Crippen LogP contribution < -0.4 is 29.6 Å². The highest BCUT2D eigenvalue weighted by Gasteiger charge is 2.14. The van der Waals surface area contributed by atoms with Gasteiger partial charge in [0, 0.05) is 24.5 Å².